The van der Waals surface area contributed by atoms with Gasteiger partial charge in [0.1, 0.15) is 18.1 Å². The molecular weight excluding hydrogens is 443 g/mol. The van der Waals surface area contributed by atoms with Crippen molar-refractivity contribution in [2.24, 2.45) is 0 Å². The number of halogens is 3. The van der Waals surface area contributed by atoms with Crippen molar-refractivity contribution in [3.05, 3.63) is 65.0 Å². The van der Waals surface area contributed by atoms with E-state index in [0.29, 0.717) is 37.1 Å². The highest BCUT2D eigenvalue weighted by atomic mass is 19.4. The van der Waals surface area contributed by atoms with E-state index in [1.54, 1.807) is 7.11 Å². The summed E-state index contributed by atoms with van der Waals surface area (Å²) in [7, 11) is 1.66. The van der Waals surface area contributed by atoms with Gasteiger partial charge < -0.3 is 14.8 Å². The van der Waals surface area contributed by atoms with Crippen LogP contribution < -0.4 is 10.1 Å². The molecule has 1 N–H and O–H groups in total. The molecule has 0 saturated carbocycles. The molecule has 5 nitrogen and oxygen atoms in total. The highest BCUT2D eigenvalue weighted by molar-refractivity contribution is 5.60. The van der Waals surface area contributed by atoms with Gasteiger partial charge in [0.05, 0.1) is 6.61 Å². The first-order chi connectivity index (χ1) is 16.1. The average molecular weight is 478 g/mol. The van der Waals surface area contributed by atoms with Gasteiger partial charge in [0.2, 0.25) is 0 Å². The zero-order valence-corrected chi connectivity index (χ0v) is 20.3. The van der Waals surface area contributed by atoms with E-state index < -0.39 is 11.9 Å². The van der Waals surface area contributed by atoms with Gasteiger partial charge in [-0.1, -0.05) is 12.6 Å². The summed E-state index contributed by atoms with van der Waals surface area (Å²) in [6.45, 7) is 13.2. The number of nitrogens with zero attached hydrogens (tertiary/aromatic N) is 2. The van der Waals surface area contributed by atoms with E-state index in [2.05, 4.69) is 48.6 Å². The van der Waals surface area contributed by atoms with Crippen LogP contribution in [0.3, 0.4) is 0 Å². The highest BCUT2D eigenvalue weighted by Gasteiger charge is 2.32. The lowest BCUT2D eigenvalue weighted by atomic mass is 9.96. The summed E-state index contributed by atoms with van der Waals surface area (Å²) in [5.74, 6) is 0.881. The molecule has 3 rings (SSSR count). The van der Waals surface area contributed by atoms with Crippen molar-refractivity contribution in [1.29, 1.82) is 0 Å². The van der Waals surface area contributed by atoms with Crippen LogP contribution in [-0.4, -0.2) is 49.3 Å². The first kappa shape index (κ1) is 26.0. The van der Waals surface area contributed by atoms with E-state index in [-0.39, 0.29) is 6.04 Å². The van der Waals surface area contributed by atoms with Gasteiger partial charge in [0.25, 0.3) is 0 Å². The molecule has 8 heteroatoms. The predicted octanol–water partition coefficient (Wildman–Crippen LogP) is 5.53. The van der Waals surface area contributed by atoms with Gasteiger partial charge in [-0.2, -0.15) is 13.2 Å². The van der Waals surface area contributed by atoms with Crippen molar-refractivity contribution in [1.82, 2.24) is 15.2 Å². The normalized spacial score (nSPS) is 17.6. The van der Waals surface area contributed by atoms with Crippen LogP contribution in [0.5, 0.6) is 5.75 Å². The van der Waals surface area contributed by atoms with E-state index in [9.17, 15) is 13.2 Å². The minimum absolute atomic E-state index is 0.224. The fourth-order valence-electron chi connectivity index (χ4n) is 4.51. The quantitative estimate of drug-likeness (QED) is 0.456. The third kappa shape index (κ3) is 6.10. The fraction of sp³-hybridized carbons (Fsp3) is 0.500. The van der Waals surface area contributed by atoms with Gasteiger partial charge >= 0.3 is 6.18 Å². The molecule has 1 aromatic heterocycles. The first-order valence-electron chi connectivity index (χ1n) is 11.6. The Labute approximate surface area is 200 Å². The molecule has 1 aliphatic rings. The van der Waals surface area contributed by atoms with E-state index >= 15 is 0 Å². The Kier molecular flexibility index (Phi) is 8.60. The maximum absolute atomic E-state index is 12.8. The number of alkyl halides is 3. The highest BCUT2D eigenvalue weighted by Crippen LogP contribution is 2.34. The maximum Gasteiger partial charge on any atom is 0.433 e. The zero-order chi connectivity index (χ0) is 24.9. The van der Waals surface area contributed by atoms with Crippen LogP contribution >= 0.6 is 0 Å². The molecule has 1 aliphatic heterocycles. The van der Waals surface area contributed by atoms with Crippen molar-refractivity contribution in [2.45, 2.75) is 51.9 Å². The van der Waals surface area contributed by atoms with Crippen LogP contribution in [0.4, 0.5) is 13.2 Å². The first-order valence-corrected chi connectivity index (χ1v) is 11.6. The second-order valence-corrected chi connectivity index (χ2v) is 8.74. The topological polar surface area (TPSA) is 46.6 Å². The number of aromatic nitrogens is 1. The molecular formula is C26H34F3N3O2. The Bertz CT molecular complexity index is 976. The summed E-state index contributed by atoms with van der Waals surface area (Å²) in [5, 5.41) is 3.31. The SMILES string of the molecule is C=C(NC[C@@H]1CCCN1C(C)c1ccc(OCCOC)c(C)c1C)c1ccc(C(F)(F)F)nc1. The lowest BCUT2D eigenvalue weighted by Crippen LogP contribution is -2.39. The summed E-state index contributed by atoms with van der Waals surface area (Å²) in [6.07, 6.45) is -1.08. The molecule has 34 heavy (non-hydrogen) atoms. The zero-order valence-electron chi connectivity index (χ0n) is 20.3. The van der Waals surface area contributed by atoms with Crippen molar-refractivity contribution < 1.29 is 22.6 Å². The van der Waals surface area contributed by atoms with Crippen LogP contribution in [0.1, 0.15) is 53.8 Å². The van der Waals surface area contributed by atoms with E-state index in [4.69, 9.17) is 9.47 Å². The predicted molar refractivity (Wildman–Crippen MR) is 128 cm³/mol. The Morgan fingerprint density at radius 1 is 1.21 bits per heavy atom. The van der Waals surface area contributed by atoms with Crippen molar-refractivity contribution >= 4 is 5.70 Å². The van der Waals surface area contributed by atoms with Crippen LogP contribution in [0, 0.1) is 13.8 Å². The molecule has 2 aromatic rings. The molecule has 186 valence electrons. The third-order valence-corrected chi connectivity index (χ3v) is 6.65. The average Bonchev–Trinajstić information content (AvgIpc) is 3.28. The number of nitrogens with one attached hydrogen (secondary N) is 1. The standard InChI is InChI=1S/C26H34F3N3O2/c1-17-18(2)24(34-14-13-33-5)10-9-23(17)20(4)32-12-6-7-22(32)16-30-19(3)21-8-11-25(31-15-21)26(27,28)29/h8-11,15,20,22,30H,3,6-7,12-14,16H2,1-2,4-5H3/t20?,22-/m0/s1. The molecule has 0 bridgehead atoms. The summed E-state index contributed by atoms with van der Waals surface area (Å²) in [5.41, 5.74) is 3.86. The Balaban J connectivity index is 1.63. The minimum Gasteiger partial charge on any atom is -0.491 e. The molecule has 1 aromatic carbocycles. The molecule has 1 saturated heterocycles. The fourth-order valence-corrected chi connectivity index (χ4v) is 4.51. The second-order valence-electron chi connectivity index (χ2n) is 8.74. The Morgan fingerprint density at radius 2 is 1.97 bits per heavy atom. The molecule has 1 fully saturated rings. The number of likely N-dealkylation sites (tertiary alicyclic amines) is 1. The molecule has 1 unspecified atom stereocenters. The number of rotatable bonds is 10. The number of methoxy groups -OCH3 is 1. The van der Waals surface area contributed by atoms with Gasteiger partial charge in [-0.25, -0.2) is 0 Å². The molecule has 0 aliphatic carbocycles. The van der Waals surface area contributed by atoms with Crippen LogP contribution in [0.2, 0.25) is 0 Å². The van der Waals surface area contributed by atoms with Gasteiger partial charge in [-0.3, -0.25) is 9.88 Å². The largest absolute Gasteiger partial charge is 0.491 e. The number of hydrogen-bond donors (Lipinski definition) is 1. The van der Waals surface area contributed by atoms with Gasteiger partial charge in [0.15, 0.2) is 0 Å². The lowest BCUT2D eigenvalue weighted by molar-refractivity contribution is -0.141. The number of ether oxygens (including phenoxy) is 2. The maximum atomic E-state index is 12.8. The monoisotopic (exact) mass is 477 g/mol. The molecule has 0 spiro atoms. The number of hydrogen-bond acceptors (Lipinski definition) is 5. The Hall–Kier alpha value is -2.58. The Morgan fingerprint density at radius 3 is 2.62 bits per heavy atom. The van der Waals surface area contributed by atoms with E-state index in [1.807, 2.05) is 6.07 Å². The number of benzene rings is 1. The summed E-state index contributed by atoms with van der Waals surface area (Å²) in [6, 6.07) is 7.09. The van der Waals surface area contributed by atoms with E-state index in [0.717, 1.165) is 36.8 Å². The van der Waals surface area contributed by atoms with Crippen LogP contribution in [-0.2, 0) is 10.9 Å². The van der Waals surface area contributed by atoms with Crippen LogP contribution in [0.25, 0.3) is 5.70 Å². The number of pyridine rings is 1. The van der Waals surface area contributed by atoms with E-state index in [1.165, 1.54) is 23.4 Å². The third-order valence-electron chi connectivity index (χ3n) is 6.65. The minimum atomic E-state index is -4.45. The molecule has 2 heterocycles. The smallest absolute Gasteiger partial charge is 0.433 e. The molecule has 0 radical (unpaired) electrons. The van der Waals surface area contributed by atoms with Gasteiger partial charge in [-0.05, 0) is 75.0 Å². The van der Waals surface area contributed by atoms with Crippen molar-refractivity contribution in [3.8, 4) is 5.75 Å². The molecule has 0 amide bonds. The summed E-state index contributed by atoms with van der Waals surface area (Å²) in [4.78, 5) is 6.01. The summed E-state index contributed by atoms with van der Waals surface area (Å²) >= 11 is 0. The lowest BCUT2D eigenvalue weighted by Gasteiger charge is -2.33. The van der Waals surface area contributed by atoms with Crippen molar-refractivity contribution in [3.63, 3.8) is 0 Å². The van der Waals surface area contributed by atoms with Crippen molar-refractivity contribution in [2.75, 3.05) is 33.4 Å². The van der Waals surface area contributed by atoms with Gasteiger partial charge in [-0.15, -0.1) is 0 Å². The second kappa shape index (κ2) is 11.2. The molecule has 2 atom stereocenters. The van der Waals surface area contributed by atoms with Gasteiger partial charge in [0, 0.05) is 43.2 Å². The summed E-state index contributed by atoms with van der Waals surface area (Å²) < 4.78 is 49.2. The van der Waals surface area contributed by atoms with Crippen LogP contribution in [0.15, 0.2) is 37.0 Å².